The summed E-state index contributed by atoms with van der Waals surface area (Å²) in [6.45, 7) is 7.57. The van der Waals surface area contributed by atoms with Crippen LogP contribution in [0.4, 0.5) is 5.69 Å². The Hall–Kier alpha value is -1.36. The Labute approximate surface area is 153 Å². The van der Waals surface area contributed by atoms with Crippen molar-refractivity contribution in [1.82, 2.24) is 4.90 Å². The maximum atomic E-state index is 12.5. The number of rotatable bonds is 5. The van der Waals surface area contributed by atoms with Gasteiger partial charge in [-0.2, -0.15) is 0 Å². The molecule has 132 valence electrons. The first-order valence-corrected chi connectivity index (χ1v) is 9.61. The molecule has 1 aromatic carbocycles. The van der Waals surface area contributed by atoms with E-state index in [4.69, 9.17) is 0 Å². The third kappa shape index (κ3) is 4.59. The quantitative estimate of drug-likeness (QED) is 0.805. The van der Waals surface area contributed by atoms with Crippen molar-refractivity contribution in [3.05, 3.63) is 28.2 Å². The fourth-order valence-electron chi connectivity index (χ4n) is 3.31. The molecule has 2 amide bonds. The van der Waals surface area contributed by atoms with Gasteiger partial charge in [-0.05, 0) is 64.2 Å². The molecule has 0 bridgehead atoms. The van der Waals surface area contributed by atoms with E-state index in [0.717, 1.165) is 54.5 Å². The molecule has 1 aliphatic carbocycles. The molecule has 2 rings (SSSR count). The first kappa shape index (κ1) is 19.0. The summed E-state index contributed by atoms with van der Waals surface area (Å²) in [7, 11) is 0. The van der Waals surface area contributed by atoms with Crippen molar-refractivity contribution in [1.29, 1.82) is 0 Å². The minimum absolute atomic E-state index is 0.00540. The Balaban J connectivity index is 1.88. The SMILES string of the molecule is CCN(CC)C(=O)C1CCC(C(=O)Nc2ccc(C)c(Br)c2)CC1. The van der Waals surface area contributed by atoms with Gasteiger partial charge in [0.25, 0.3) is 0 Å². The zero-order valence-electron chi connectivity index (χ0n) is 14.8. The van der Waals surface area contributed by atoms with Crippen LogP contribution in [0.15, 0.2) is 22.7 Å². The highest BCUT2D eigenvalue weighted by molar-refractivity contribution is 9.10. The molecular weight excluding hydrogens is 368 g/mol. The van der Waals surface area contributed by atoms with Crippen LogP contribution in [0, 0.1) is 18.8 Å². The van der Waals surface area contributed by atoms with E-state index < -0.39 is 0 Å². The first-order chi connectivity index (χ1) is 11.5. The molecule has 1 N–H and O–H groups in total. The van der Waals surface area contributed by atoms with Crippen LogP contribution in [-0.4, -0.2) is 29.8 Å². The van der Waals surface area contributed by atoms with Crippen LogP contribution in [0.5, 0.6) is 0 Å². The van der Waals surface area contributed by atoms with Gasteiger partial charge in [-0.25, -0.2) is 0 Å². The second kappa shape index (κ2) is 8.65. The molecule has 0 aliphatic heterocycles. The zero-order valence-corrected chi connectivity index (χ0v) is 16.4. The molecule has 1 aromatic rings. The van der Waals surface area contributed by atoms with Crippen LogP contribution in [0.1, 0.15) is 45.1 Å². The molecule has 24 heavy (non-hydrogen) atoms. The number of amides is 2. The van der Waals surface area contributed by atoms with Crippen LogP contribution in [-0.2, 0) is 9.59 Å². The van der Waals surface area contributed by atoms with E-state index in [2.05, 4.69) is 21.2 Å². The van der Waals surface area contributed by atoms with E-state index >= 15 is 0 Å². The third-order valence-electron chi connectivity index (χ3n) is 4.96. The third-order valence-corrected chi connectivity index (χ3v) is 5.82. The average Bonchev–Trinajstić information content (AvgIpc) is 2.59. The average molecular weight is 395 g/mol. The minimum atomic E-state index is 0.00540. The molecule has 5 heteroatoms. The minimum Gasteiger partial charge on any atom is -0.343 e. The van der Waals surface area contributed by atoms with Crippen LogP contribution in [0.25, 0.3) is 0 Å². The number of aryl methyl sites for hydroxylation is 1. The summed E-state index contributed by atoms with van der Waals surface area (Å²) in [5.74, 6) is 0.411. The summed E-state index contributed by atoms with van der Waals surface area (Å²) >= 11 is 3.49. The molecule has 0 aromatic heterocycles. The van der Waals surface area contributed by atoms with E-state index in [9.17, 15) is 9.59 Å². The van der Waals surface area contributed by atoms with E-state index in [1.807, 2.05) is 43.9 Å². The monoisotopic (exact) mass is 394 g/mol. The predicted octanol–water partition coefficient (Wildman–Crippen LogP) is 4.37. The molecule has 1 saturated carbocycles. The van der Waals surface area contributed by atoms with E-state index in [1.165, 1.54) is 0 Å². The molecule has 0 unspecified atom stereocenters. The molecule has 0 atom stereocenters. The van der Waals surface area contributed by atoms with Gasteiger partial charge in [0.05, 0.1) is 0 Å². The first-order valence-electron chi connectivity index (χ1n) is 8.82. The second-order valence-electron chi connectivity index (χ2n) is 6.51. The lowest BCUT2D eigenvalue weighted by atomic mass is 9.81. The predicted molar refractivity (Wildman–Crippen MR) is 101 cm³/mol. The lowest BCUT2D eigenvalue weighted by molar-refractivity contribution is -0.137. The summed E-state index contributed by atoms with van der Waals surface area (Å²) < 4.78 is 0.994. The zero-order chi connectivity index (χ0) is 17.7. The van der Waals surface area contributed by atoms with E-state index in [-0.39, 0.29) is 23.7 Å². The smallest absolute Gasteiger partial charge is 0.227 e. The highest BCUT2D eigenvalue weighted by Gasteiger charge is 2.31. The maximum Gasteiger partial charge on any atom is 0.227 e. The van der Waals surface area contributed by atoms with Crippen LogP contribution in [0.2, 0.25) is 0 Å². The summed E-state index contributed by atoms with van der Waals surface area (Å²) in [5.41, 5.74) is 1.96. The number of hydrogen-bond acceptors (Lipinski definition) is 2. The molecule has 1 fully saturated rings. The summed E-state index contributed by atoms with van der Waals surface area (Å²) in [5, 5.41) is 3.00. The summed E-state index contributed by atoms with van der Waals surface area (Å²) in [4.78, 5) is 26.8. The highest BCUT2D eigenvalue weighted by Crippen LogP contribution is 2.31. The fraction of sp³-hybridized carbons (Fsp3) is 0.579. The number of hydrogen-bond donors (Lipinski definition) is 1. The Morgan fingerprint density at radius 1 is 1.12 bits per heavy atom. The Morgan fingerprint density at radius 2 is 1.71 bits per heavy atom. The number of nitrogens with zero attached hydrogens (tertiary/aromatic N) is 1. The van der Waals surface area contributed by atoms with Gasteiger partial charge in [-0.3, -0.25) is 9.59 Å². The number of carbonyl (C=O) groups excluding carboxylic acids is 2. The maximum absolute atomic E-state index is 12.5. The van der Waals surface area contributed by atoms with Gasteiger partial charge in [0, 0.05) is 35.1 Å². The van der Waals surface area contributed by atoms with Gasteiger partial charge in [0.1, 0.15) is 0 Å². The largest absolute Gasteiger partial charge is 0.343 e. The number of carbonyl (C=O) groups is 2. The lowest BCUT2D eigenvalue weighted by Gasteiger charge is -2.30. The number of anilines is 1. The standard InChI is InChI=1S/C19H27BrN2O2/c1-4-22(5-2)19(24)15-9-7-14(8-10-15)18(23)21-16-11-6-13(3)17(20)12-16/h6,11-12,14-15H,4-5,7-10H2,1-3H3,(H,21,23). The van der Waals surface area contributed by atoms with Gasteiger partial charge < -0.3 is 10.2 Å². The van der Waals surface area contributed by atoms with Crippen molar-refractivity contribution in [2.75, 3.05) is 18.4 Å². The Kier molecular flexibility index (Phi) is 6.84. The van der Waals surface area contributed by atoms with Crippen LogP contribution < -0.4 is 5.32 Å². The molecule has 0 radical (unpaired) electrons. The van der Waals surface area contributed by atoms with Gasteiger partial charge in [-0.1, -0.05) is 22.0 Å². The lowest BCUT2D eigenvalue weighted by Crippen LogP contribution is -2.38. The van der Waals surface area contributed by atoms with Crippen LogP contribution in [0.3, 0.4) is 0 Å². The normalized spacial score (nSPS) is 20.5. The van der Waals surface area contributed by atoms with Crippen LogP contribution >= 0.6 is 15.9 Å². The summed E-state index contributed by atoms with van der Waals surface area (Å²) in [6.07, 6.45) is 3.20. The van der Waals surface area contributed by atoms with E-state index in [1.54, 1.807) is 0 Å². The number of benzene rings is 1. The van der Waals surface area contributed by atoms with Gasteiger partial charge in [0.15, 0.2) is 0 Å². The van der Waals surface area contributed by atoms with Crippen molar-refractivity contribution >= 4 is 33.4 Å². The molecule has 0 spiro atoms. The van der Waals surface area contributed by atoms with Crippen molar-refractivity contribution in [2.45, 2.75) is 46.5 Å². The van der Waals surface area contributed by atoms with Crippen molar-refractivity contribution in [2.24, 2.45) is 11.8 Å². The second-order valence-corrected chi connectivity index (χ2v) is 7.37. The Morgan fingerprint density at radius 3 is 2.25 bits per heavy atom. The summed E-state index contributed by atoms with van der Waals surface area (Å²) in [6, 6.07) is 5.84. The van der Waals surface area contributed by atoms with Gasteiger partial charge in [-0.15, -0.1) is 0 Å². The van der Waals surface area contributed by atoms with Gasteiger partial charge in [0.2, 0.25) is 11.8 Å². The van der Waals surface area contributed by atoms with Crippen molar-refractivity contribution in [3.63, 3.8) is 0 Å². The topological polar surface area (TPSA) is 49.4 Å². The molecule has 0 heterocycles. The molecule has 0 saturated heterocycles. The number of nitrogens with one attached hydrogen (secondary N) is 1. The van der Waals surface area contributed by atoms with Crippen molar-refractivity contribution < 1.29 is 9.59 Å². The highest BCUT2D eigenvalue weighted by atomic mass is 79.9. The molecular formula is C19H27BrN2O2. The van der Waals surface area contributed by atoms with E-state index in [0.29, 0.717) is 0 Å². The number of halogens is 1. The molecule has 4 nitrogen and oxygen atoms in total. The van der Waals surface area contributed by atoms with Crippen molar-refractivity contribution in [3.8, 4) is 0 Å². The molecule has 1 aliphatic rings. The Bertz CT molecular complexity index is 591. The fourth-order valence-corrected chi connectivity index (χ4v) is 3.69. The van der Waals surface area contributed by atoms with Gasteiger partial charge >= 0.3 is 0 Å².